The van der Waals surface area contributed by atoms with Gasteiger partial charge < -0.3 is 25.0 Å². The van der Waals surface area contributed by atoms with Crippen LogP contribution in [0, 0.1) is 18.6 Å². The molecule has 1 aromatic carbocycles. The second kappa shape index (κ2) is 14.0. The molecule has 2 bridgehead atoms. The number of aryl methyl sites for hydroxylation is 1. The Labute approximate surface area is 325 Å². The Morgan fingerprint density at radius 3 is 2.60 bits per heavy atom. The number of hydrogen-bond donors (Lipinski definition) is 1. The molecule has 8 rings (SSSR count). The summed E-state index contributed by atoms with van der Waals surface area (Å²) in [5, 5.41) is -0.110. The van der Waals surface area contributed by atoms with Gasteiger partial charge in [0.1, 0.15) is 41.3 Å². The summed E-state index contributed by atoms with van der Waals surface area (Å²) in [7, 11) is -4.00. The zero-order valence-corrected chi connectivity index (χ0v) is 32.5. The molecule has 310 valence electrons. The molecule has 0 saturated carbocycles. The Balaban J connectivity index is 1.28. The number of amides is 1. The normalized spacial score (nSPS) is 27.6. The van der Waals surface area contributed by atoms with Crippen LogP contribution >= 0.6 is 0 Å². The number of alkyl halides is 4. The molecule has 57 heavy (non-hydrogen) atoms. The van der Waals surface area contributed by atoms with E-state index in [1.807, 2.05) is 9.80 Å². The second-order valence-corrected chi connectivity index (χ2v) is 17.6. The lowest BCUT2D eigenvalue weighted by Crippen LogP contribution is -2.66. The summed E-state index contributed by atoms with van der Waals surface area (Å²) in [5.74, 6) is -4.13. The number of halogens is 6. The number of benzene rings is 1. The largest absolute Gasteiger partial charge is 0.472 e. The maximum atomic E-state index is 17.1. The summed E-state index contributed by atoms with van der Waals surface area (Å²) >= 11 is 0. The molecule has 0 unspecified atom stereocenters. The van der Waals surface area contributed by atoms with Crippen LogP contribution in [-0.4, -0.2) is 113 Å². The van der Waals surface area contributed by atoms with Crippen LogP contribution in [0.2, 0.25) is 0 Å². The topological polar surface area (TPSA) is 153 Å². The van der Waals surface area contributed by atoms with Gasteiger partial charge in [0.2, 0.25) is 5.88 Å². The molecule has 0 aliphatic carbocycles. The first-order valence-electron chi connectivity index (χ1n) is 19.1. The maximum absolute atomic E-state index is 17.1. The van der Waals surface area contributed by atoms with Gasteiger partial charge in [0.05, 0.1) is 40.2 Å². The van der Waals surface area contributed by atoms with Crippen LogP contribution in [-0.2, 0) is 25.3 Å². The van der Waals surface area contributed by atoms with Crippen LogP contribution in [0.4, 0.5) is 37.8 Å². The summed E-state index contributed by atoms with van der Waals surface area (Å²) in [6.45, 7) is 6.69. The van der Waals surface area contributed by atoms with E-state index in [2.05, 4.69) is 9.97 Å². The van der Waals surface area contributed by atoms with E-state index in [9.17, 15) is 30.8 Å². The first kappa shape index (κ1) is 39.6. The number of rotatable bonds is 9. The fraction of sp³-hybridized carbons (Fsp3) is 0.622. The molecule has 13 nitrogen and oxygen atoms in total. The first-order valence-corrected chi connectivity index (χ1v) is 20.7. The number of nitrogen functional groups attached to an aromatic ring is 1. The fourth-order valence-electron chi connectivity index (χ4n) is 9.74. The molecular formula is C37H43F6N7O6S. The third kappa shape index (κ3) is 6.49. The third-order valence-corrected chi connectivity index (χ3v) is 13.5. The van der Waals surface area contributed by atoms with E-state index < -0.39 is 109 Å². The molecule has 0 spiro atoms. The Kier molecular flexibility index (Phi) is 9.73. The number of hydrogen-bond acceptors (Lipinski definition) is 12. The molecule has 2 N–H and O–H groups in total. The van der Waals surface area contributed by atoms with Crippen molar-refractivity contribution in [3.8, 4) is 23.1 Å². The highest BCUT2D eigenvalue weighted by Gasteiger charge is 2.55. The van der Waals surface area contributed by atoms with Crippen LogP contribution in [0.25, 0.3) is 22.2 Å². The first-order chi connectivity index (χ1) is 26.9. The summed E-state index contributed by atoms with van der Waals surface area (Å²) in [6, 6.07) is -1.37. The van der Waals surface area contributed by atoms with Crippen molar-refractivity contribution < 1.29 is 53.2 Å². The smallest absolute Gasteiger partial charge is 0.417 e. The minimum absolute atomic E-state index is 0.0605. The fourth-order valence-corrected chi connectivity index (χ4v) is 10.5. The van der Waals surface area contributed by atoms with Crippen molar-refractivity contribution in [1.82, 2.24) is 24.8 Å². The average Bonchev–Trinajstić information content (AvgIpc) is 3.76. The molecule has 4 saturated heterocycles. The zero-order valence-electron chi connectivity index (χ0n) is 31.7. The second-order valence-electron chi connectivity index (χ2n) is 15.7. The van der Waals surface area contributed by atoms with Crippen molar-refractivity contribution in [2.75, 3.05) is 42.6 Å². The summed E-state index contributed by atoms with van der Waals surface area (Å²) in [4.78, 5) is 32.8. The Morgan fingerprint density at radius 2 is 1.89 bits per heavy atom. The summed E-state index contributed by atoms with van der Waals surface area (Å²) in [6.07, 6.45) is -5.77. The van der Waals surface area contributed by atoms with Crippen LogP contribution in [0.5, 0.6) is 11.9 Å². The van der Waals surface area contributed by atoms with E-state index in [4.69, 9.17) is 24.4 Å². The van der Waals surface area contributed by atoms with Crippen LogP contribution < -0.4 is 20.1 Å². The van der Waals surface area contributed by atoms with E-state index in [1.54, 1.807) is 18.7 Å². The number of anilines is 2. The van der Waals surface area contributed by atoms with Crippen LogP contribution in [0.15, 0.2) is 6.07 Å². The number of nitrogens with two attached hydrogens (primary N) is 1. The van der Waals surface area contributed by atoms with Gasteiger partial charge >= 0.3 is 12.2 Å². The number of nitrogens with zero attached hydrogens (tertiary/aromatic N) is 6. The van der Waals surface area contributed by atoms with Crippen molar-refractivity contribution in [2.24, 2.45) is 0 Å². The number of pyridine rings is 1. The highest BCUT2D eigenvalue weighted by molar-refractivity contribution is 7.86. The Hall–Kier alpha value is -4.17. The molecule has 2 aromatic heterocycles. The lowest BCUT2D eigenvalue weighted by Gasteiger charge is -2.48. The molecule has 7 atom stereocenters. The van der Waals surface area contributed by atoms with Crippen molar-refractivity contribution >= 4 is 38.4 Å². The quantitative estimate of drug-likeness (QED) is 0.169. The van der Waals surface area contributed by atoms with Gasteiger partial charge in [-0.3, -0.25) is 13.9 Å². The van der Waals surface area contributed by atoms with E-state index in [0.717, 1.165) is 19.4 Å². The molecular weight excluding hydrogens is 785 g/mol. The highest BCUT2D eigenvalue weighted by atomic mass is 32.2. The number of fused-ring (bicyclic) bond motifs is 6. The van der Waals surface area contributed by atoms with E-state index in [-0.39, 0.29) is 61.4 Å². The minimum Gasteiger partial charge on any atom is -0.472 e. The van der Waals surface area contributed by atoms with Crippen LogP contribution in [0.3, 0.4) is 0 Å². The van der Waals surface area contributed by atoms with Gasteiger partial charge in [-0.25, -0.2) is 18.2 Å². The number of aromatic nitrogens is 3. The van der Waals surface area contributed by atoms with Gasteiger partial charge in [-0.15, -0.1) is 0 Å². The number of carbonyl (C=O) groups excluding carboxylic acids is 1. The van der Waals surface area contributed by atoms with E-state index in [0.29, 0.717) is 25.8 Å². The molecule has 7 heterocycles. The number of carbonyl (C=O) groups is 1. The Bertz CT molecular complexity index is 2250. The number of ether oxygens (including phenoxy) is 2. The molecule has 5 aliphatic heterocycles. The third-order valence-electron chi connectivity index (χ3n) is 12.2. The SMILES string of the molecule is CC[C@@H](OS(=O)(=O)CC)C(=O)N1[C@@H]2CC[C@H]1[C@H]1[C@H](C)Oc3nc(-c4c(F)c(N)cc(C)c4C(F)(F)F)c(F)c4nc(OC[C@@]56CCCN5C[C@H](F)C6)nc(c34)N1C2. The van der Waals surface area contributed by atoms with E-state index in [1.165, 1.54) is 6.92 Å². The standard InChI is InChI=1S/C37H43F6N7O6S/c1-5-23(56-57(52,53)6-2)34(51)50-20-8-9-22(50)31-18(4)55-33-25-30(28(40)29(45-33)24-26(37(41,42)43)17(3)12-21(44)27(24)39)46-35(47-32(25)49(31)15-20)54-16-36-10-7-11-48(36)14-19(38)13-36/h12,18-20,22-23,31H,5-11,13-16,44H2,1-4H3/t18-,19+,20+,22-,23+,31+,36-/m0/s1. The molecule has 1 amide bonds. The zero-order chi connectivity index (χ0) is 40.9. The van der Waals surface area contributed by atoms with Gasteiger partial charge in [-0.2, -0.15) is 31.6 Å². The summed E-state index contributed by atoms with van der Waals surface area (Å²) in [5.41, 5.74) is -0.296. The lowest BCUT2D eigenvalue weighted by molar-refractivity contribution is -0.143. The van der Waals surface area contributed by atoms with Gasteiger partial charge in [0.15, 0.2) is 17.7 Å². The van der Waals surface area contributed by atoms with Crippen molar-refractivity contribution in [2.45, 2.75) is 114 Å². The monoisotopic (exact) mass is 827 g/mol. The average molecular weight is 828 g/mol. The highest BCUT2D eigenvalue weighted by Crippen LogP contribution is 2.49. The van der Waals surface area contributed by atoms with Crippen LogP contribution in [0.1, 0.15) is 70.4 Å². The van der Waals surface area contributed by atoms with Crippen molar-refractivity contribution in [3.05, 3.63) is 28.8 Å². The molecule has 3 aromatic rings. The molecule has 4 fully saturated rings. The van der Waals surface area contributed by atoms with E-state index >= 15 is 8.78 Å². The maximum Gasteiger partial charge on any atom is 0.417 e. The lowest BCUT2D eigenvalue weighted by atomic mass is 9.95. The van der Waals surface area contributed by atoms with Gasteiger partial charge in [0.25, 0.3) is 16.0 Å². The summed E-state index contributed by atoms with van der Waals surface area (Å²) < 4.78 is 134. The van der Waals surface area contributed by atoms with Gasteiger partial charge in [-0.05, 0) is 71.0 Å². The predicted octanol–water partition coefficient (Wildman–Crippen LogP) is 5.31. The predicted molar refractivity (Wildman–Crippen MR) is 195 cm³/mol. The molecule has 5 aliphatic rings. The van der Waals surface area contributed by atoms with Crippen molar-refractivity contribution in [1.29, 1.82) is 0 Å². The van der Waals surface area contributed by atoms with Gasteiger partial charge in [-0.1, -0.05) is 6.92 Å². The molecule has 0 radical (unpaired) electrons. The minimum atomic E-state index is -5.15. The Morgan fingerprint density at radius 1 is 1.14 bits per heavy atom. The van der Waals surface area contributed by atoms with Gasteiger partial charge in [0, 0.05) is 25.6 Å². The molecule has 20 heteroatoms. The van der Waals surface area contributed by atoms with Crippen molar-refractivity contribution in [3.63, 3.8) is 0 Å². The number of piperazine rings is 1.